The molecule has 2 aromatic rings. The first-order chi connectivity index (χ1) is 8.74. The largest absolute Gasteiger partial charge is 0.346 e. The molecule has 0 aromatic carbocycles. The lowest BCUT2D eigenvalue weighted by atomic mass is 10.2. The van der Waals surface area contributed by atoms with Crippen LogP contribution in [0.5, 0.6) is 0 Å². The second kappa shape index (κ2) is 6.08. The topological polar surface area (TPSA) is 68.0 Å². The van der Waals surface area contributed by atoms with Crippen molar-refractivity contribution in [3.05, 3.63) is 38.0 Å². The molecule has 0 atom stereocenters. The predicted octanol–water partition coefficient (Wildman–Crippen LogP) is 2.16. The number of hydrogen-bond donors (Lipinski definition) is 2. The van der Waals surface area contributed by atoms with Gasteiger partial charge in [-0.3, -0.25) is 4.79 Å². The fourth-order valence-corrected chi connectivity index (χ4v) is 3.17. The highest BCUT2D eigenvalue weighted by Gasteiger charge is 2.11. The van der Waals surface area contributed by atoms with Crippen LogP contribution >= 0.6 is 22.7 Å². The van der Waals surface area contributed by atoms with Crippen molar-refractivity contribution in [1.82, 2.24) is 10.3 Å². The van der Waals surface area contributed by atoms with E-state index in [2.05, 4.69) is 28.7 Å². The van der Waals surface area contributed by atoms with Crippen LogP contribution in [-0.4, -0.2) is 10.9 Å². The molecule has 0 fully saturated rings. The van der Waals surface area contributed by atoms with Crippen molar-refractivity contribution in [3.8, 4) is 0 Å². The summed E-state index contributed by atoms with van der Waals surface area (Å²) in [5.41, 5.74) is 7.22. The summed E-state index contributed by atoms with van der Waals surface area (Å²) in [7, 11) is 0. The molecule has 96 valence electrons. The number of carbonyl (C=O) groups is 1. The van der Waals surface area contributed by atoms with Crippen molar-refractivity contribution < 1.29 is 4.79 Å². The number of carbonyl (C=O) groups excluding carboxylic acids is 1. The third-order valence-corrected chi connectivity index (χ3v) is 4.42. The fraction of sp³-hybridized carbons (Fsp3) is 0.333. The first kappa shape index (κ1) is 13.2. The van der Waals surface area contributed by atoms with E-state index in [1.807, 2.05) is 0 Å². The predicted molar refractivity (Wildman–Crippen MR) is 74.9 cm³/mol. The average Bonchev–Trinajstić information content (AvgIpc) is 3.04. The van der Waals surface area contributed by atoms with Gasteiger partial charge in [0.25, 0.3) is 5.91 Å². The van der Waals surface area contributed by atoms with Gasteiger partial charge in [-0.25, -0.2) is 4.98 Å². The molecule has 0 aliphatic heterocycles. The van der Waals surface area contributed by atoms with E-state index in [4.69, 9.17) is 5.73 Å². The van der Waals surface area contributed by atoms with Crippen molar-refractivity contribution >= 4 is 28.6 Å². The quantitative estimate of drug-likeness (QED) is 0.882. The molecule has 2 aromatic heterocycles. The Hall–Kier alpha value is -1.24. The number of aromatic nitrogens is 1. The van der Waals surface area contributed by atoms with Crippen molar-refractivity contribution in [2.45, 2.75) is 26.4 Å². The molecule has 0 bridgehead atoms. The number of nitrogens with one attached hydrogen (secondary N) is 1. The number of thiophene rings is 1. The smallest absolute Gasteiger partial charge is 0.271 e. The molecule has 4 nitrogen and oxygen atoms in total. The van der Waals surface area contributed by atoms with Crippen LogP contribution in [0, 0.1) is 0 Å². The second-order valence-corrected chi connectivity index (χ2v) is 5.68. The Bertz CT molecular complexity index is 533. The van der Waals surface area contributed by atoms with E-state index in [1.54, 1.807) is 16.7 Å². The molecule has 0 radical (unpaired) electrons. The number of nitrogens with zero attached hydrogens (tertiary/aromatic N) is 1. The van der Waals surface area contributed by atoms with E-state index in [0.717, 1.165) is 11.4 Å². The maximum atomic E-state index is 11.9. The van der Waals surface area contributed by atoms with E-state index in [1.165, 1.54) is 21.8 Å². The van der Waals surface area contributed by atoms with Gasteiger partial charge in [0.1, 0.15) is 10.7 Å². The molecule has 2 heterocycles. The molecule has 1 amide bonds. The lowest BCUT2D eigenvalue weighted by molar-refractivity contribution is 0.0947. The molecule has 18 heavy (non-hydrogen) atoms. The second-order valence-electron chi connectivity index (χ2n) is 3.74. The van der Waals surface area contributed by atoms with Gasteiger partial charge < -0.3 is 11.1 Å². The van der Waals surface area contributed by atoms with Crippen LogP contribution in [0.25, 0.3) is 0 Å². The van der Waals surface area contributed by atoms with Gasteiger partial charge in [-0.1, -0.05) is 6.92 Å². The van der Waals surface area contributed by atoms with Gasteiger partial charge in [0.15, 0.2) is 0 Å². The minimum atomic E-state index is -0.138. The van der Waals surface area contributed by atoms with Crippen LogP contribution in [0.2, 0.25) is 0 Å². The summed E-state index contributed by atoms with van der Waals surface area (Å²) in [6, 6.07) is 2.10. The molecule has 6 heteroatoms. The Labute approximate surface area is 114 Å². The van der Waals surface area contributed by atoms with Crippen LogP contribution in [0.15, 0.2) is 16.8 Å². The number of nitrogens with two attached hydrogens (primary N) is 1. The third kappa shape index (κ3) is 2.95. The molecular weight excluding hydrogens is 266 g/mol. The zero-order valence-corrected chi connectivity index (χ0v) is 11.7. The monoisotopic (exact) mass is 281 g/mol. The van der Waals surface area contributed by atoms with Crippen molar-refractivity contribution in [3.63, 3.8) is 0 Å². The highest BCUT2D eigenvalue weighted by Crippen LogP contribution is 2.17. The summed E-state index contributed by atoms with van der Waals surface area (Å²) in [4.78, 5) is 17.2. The Morgan fingerprint density at radius 2 is 2.33 bits per heavy atom. The minimum Gasteiger partial charge on any atom is -0.346 e. The summed E-state index contributed by atoms with van der Waals surface area (Å²) in [5, 5.41) is 7.47. The van der Waals surface area contributed by atoms with E-state index >= 15 is 0 Å². The summed E-state index contributed by atoms with van der Waals surface area (Å²) >= 11 is 3.08. The Morgan fingerprint density at radius 3 is 3.00 bits per heavy atom. The maximum absolute atomic E-state index is 11.9. The molecule has 0 saturated carbocycles. The first-order valence-corrected chi connectivity index (χ1v) is 7.48. The molecule has 0 saturated heterocycles. The SMILES string of the molecule is CCc1ccsc1CNC(=O)c1csc(CN)n1. The number of hydrogen-bond acceptors (Lipinski definition) is 5. The van der Waals surface area contributed by atoms with E-state index < -0.39 is 0 Å². The highest BCUT2D eigenvalue weighted by atomic mass is 32.1. The number of aryl methyl sites for hydroxylation is 1. The van der Waals surface area contributed by atoms with E-state index in [0.29, 0.717) is 18.8 Å². The Balaban J connectivity index is 1.96. The van der Waals surface area contributed by atoms with Crippen LogP contribution in [0.1, 0.15) is 32.9 Å². The van der Waals surface area contributed by atoms with Crippen LogP contribution < -0.4 is 11.1 Å². The van der Waals surface area contributed by atoms with E-state index in [9.17, 15) is 4.79 Å². The Morgan fingerprint density at radius 1 is 1.50 bits per heavy atom. The zero-order valence-electron chi connectivity index (χ0n) is 10.1. The van der Waals surface area contributed by atoms with Gasteiger partial charge in [-0.15, -0.1) is 22.7 Å². The van der Waals surface area contributed by atoms with Gasteiger partial charge >= 0.3 is 0 Å². The lowest BCUT2D eigenvalue weighted by Gasteiger charge is -2.03. The zero-order chi connectivity index (χ0) is 13.0. The van der Waals surface area contributed by atoms with Gasteiger partial charge in [0, 0.05) is 16.8 Å². The van der Waals surface area contributed by atoms with Crippen LogP contribution in [-0.2, 0) is 19.5 Å². The lowest BCUT2D eigenvalue weighted by Crippen LogP contribution is -2.23. The maximum Gasteiger partial charge on any atom is 0.271 e. The fourth-order valence-electron chi connectivity index (χ4n) is 1.60. The van der Waals surface area contributed by atoms with Crippen LogP contribution in [0.4, 0.5) is 0 Å². The molecule has 0 spiro atoms. The summed E-state index contributed by atoms with van der Waals surface area (Å²) in [5.74, 6) is -0.138. The molecule has 0 unspecified atom stereocenters. The Kier molecular flexibility index (Phi) is 4.46. The number of thiazole rings is 1. The molecule has 0 aliphatic rings. The van der Waals surface area contributed by atoms with Gasteiger partial charge in [-0.05, 0) is 23.4 Å². The van der Waals surface area contributed by atoms with Gasteiger partial charge in [0.2, 0.25) is 0 Å². The minimum absolute atomic E-state index is 0.138. The normalized spacial score (nSPS) is 10.6. The molecule has 3 N–H and O–H groups in total. The summed E-state index contributed by atoms with van der Waals surface area (Å²) < 4.78 is 0. The van der Waals surface area contributed by atoms with E-state index in [-0.39, 0.29) is 5.91 Å². The van der Waals surface area contributed by atoms with Crippen molar-refractivity contribution in [2.24, 2.45) is 5.73 Å². The summed E-state index contributed by atoms with van der Waals surface area (Å²) in [6.45, 7) is 3.05. The number of rotatable bonds is 5. The standard InChI is InChI=1S/C12H15N3OS2/c1-2-8-3-4-17-10(8)6-14-12(16)9-7-18-11(5-13)15-9/h3-4,7H,2,5-6,13H2,1H3,(H,14,16). The molecule has 2 rings (SSSR count). The summed E-state index contributed by atoms with van der Waals surface area (Å²) in [6.07, 6.45) is 0.989. The van der Waals surface area contributed by atoms with Crippen molar-refractivity contribution in [2.75, 3.05) is 0 Å². The molecule has 0 aliphatic carbocycles. The third-order valence-electron chi connectivity index (χ3n) is 2.59. The van der Waals surface area contributed by atoms with Crippen molar-refractivity contribution in [1.29, 1.82) is 0 Å². The molecular formula is C12H15N3OS2. The number of amides is 1. The first-order valence-electron chi connectivity index (χ1n) is 5.72. The van der Waals surface area contributed by atoms with Crippen LogP contribution in [0.3, 0.4) is 0 Å². The van der Waals surface area contributed by atoms with Gasteiger partial charge in [-0.2, -0.15) is 0 Å². The van der Waals surface area contributed by atoms with Gasteiger partial charge in [0.05, 0.1) is 6.54 Å². The highest BCUT2D eigenvalue weighted by molar-refractivity contribution is 7.10. The average molecular weight is 281 g/mol.